The van der Waals surface area contributed by atoms with Crippen LogP contribution in [0.3, 0.4) is 0 Å². The number of hydrogen-bond donors (Lipinski definition) is 2. The lowest BCUT2D eigenvalue weighted by Gasteiger charge is -2.17. The van der Waals surface area contributed by atoms with Gasteiger partial charge in [0, 0.05) is 4.88 Å². The molecule has 0 saturated carbocycles. The van der Waals surface area contributed by atoms with Crippen LogP contribution >= 0.6 is 11.3 Å². The van der Waals surface area contributed by atoms with Crippen LogP contribution in [0.15, 0.2) is 30.3 Å². The number of benzene rings is 1. The fraction of sp³-hybridized carbons (Fsp3) is 0.429. The summed E-state index contributed by atoms with van der Waals surface area (Å²) in [5.74, 6) is -0.0773. The second kappa shape index (κ2) is 9.04. The summed E-state index contributed by atoms with van der Waals surface area (Å²) >= 11 is 1.49. The standard InChI is InChI=1S/C21H26N2O3S/c1-2-16(26-14-10-6-5-7-11-14)20(25)23-21-18(19(22)24)15-12-8-3-4-9-13-17(15)27-21/h5-7,10-11,16H,2-4,8-9,12-13H2,1H3,(H2,22,24)(H,23,25). The molecular formula is C21H26N2O3S. The van der Waals surface area contributed by atoms with Gasteiger partial charge in [0.05, 0.1) is 5.56 Å². The Bertz CT molecular complexity index is 801. The lowest BCUT2D eigenvalue weighted by molar-refractivity contribution is -0.122. The van der Waals surface area contributed by atoms with E-state index in [-0.39, 0.29) is 5.91 Å². The monoisotopic (exact) mass is 386 g/mol. The molecule has 1 atom stereocenters. The molecule has 2 aromatic rings. The van der Waals surface area contributed by atoms with Crippen LogP contribution in [0.1, 0.15) is 59.8 Å². The molecular weight excluding hydrogens is 360 g/mol. The van der Waals surface area contributed by atoms with Crippen LogP contribution in [-0.4, -0.2) is 17.9 Å². The Morgan fingerprint density at radius 2 is 1.85 bits per heavy atom. The maximum atomic E-state index is 12.8. The van der Waals surface area contributed by atoms with Crippen molar-refractivity contribution >= 4 is 28.2 Å². The van der Waals surface area contributed by atoms with E-state index in [0.717, 1.165) is 37.7 Å². The number of nitrogens with one attached hydrogen (secondary N) is 1. The van der Waals surface area contributed by atoms with Gasteiger partial charge in [-0.05, 0) is 49.8 Å². The summed E-state index contributed by atoms with van der Waals surface area (Å²) in [6.07, 6.45) is 6.20. The van der Waals surface area contributed by atoms with Gasteiger partial charge in [-0.3, -0.25) is 9.59 Å². The molecule has 1 unspecified atom stereocenters. The number of carbonyl (C=O) groups excluding carboxylic acids is 2. The van der Waals surface area contributed by atoms with Crippen LogP contribution < -0.4 is 15.8 Å². The predicted octanol–water partition coefficient (Wildman–Crippen LogP) is 4.30. The number of primary amides is 1. The Kier molecular flexibility index (Phi) is 6.50. The summed E-state index contributed by atoms with van der Waals surface area (Å²) in [6, 6.07) is 9.27. The number of nitrogens with two attached hydrogens (primary N) is 1. The Labute approximate surface area is 163 Å². The van der Waals surface area contributed by atoms with Crippen molar-refractivity contribution < 1.29 is 14.3 Å². The third-order valence-corrected chi connectivity index (χ3v) is 6.05. The van der Waals surface area contributed by atoms with Crippen molar-refractivity contribution in [3.63, 3.8) is 0 Å². The Balaban J connectivity index is 1.81. The van der Waals surface area contributed by atoms with Crippen molar-refractivity contribution in [2.24, 2.45) is 5.73 Å². The molecule has 6 heteroatoms. The number of para-hydroxylation sites is 1. The summed E-state index contributed by atoms with van der Waals surface area (Å²) in [5, 5.41) is 3.48. The molecule has 1 aromatic carbocycles. The fourth-order valence-corrected chi connectivity index (χ4v) is 4.74. The van der Waals surface area contributed by atoms with Gasteiger partial charge in [0.1, 0.15) is 10.8 Å². The number of anilines is 1. The zero-order valence-corrected chi connectivity index (χ0v) is 16.4. The highest BCUT2D eigenvalue weighted by Gasteiger charge is 2.26. The number of fused-ring (bicyclic) bond motifs is 1. The molecule has 1 aromatic heterocycles. The molecule has 0 bridgehead atoms. The van der Waals surface area contributed by atoms with Crippen molar-refractivity contribution in [2.75, 3.05) is 5.32 Å². The molecule has 1 aliphatic carbocycles. The summed E-state index contributed by atoms with van der Waals surface area (Å²) in [7, 11) is 0. The minimum absolute atomic E-state index is 0.252. The highest BCUT2D eigenvalue weighted by molar-refractivity contribution is 7.17. The average molecular weight is 387 g/mol. The Morgan fingerprint density at radius 3 is 2.52 bits per heavy atom. The first-order valence-electron chi connectivity index (χ1n) is 9.57. The van der Waals surface area contributed by atoms with Gasteiger partial charge in [0.2, 0.25) is 0 Å². The van der Waals surface area contributed by atoms with Gasteiger partial charge in [0.25, 0.3) is 11.8 Å². The van der Waals surface area contributed by atoms with Crippen LogP contribution in [0.4, 0.5) is 5.00 Å². The van der Waals surface area contributed by atoms with Gasteiger partial charge in [-0.2, -0.15) is 0 Å². The summed E-state index contributed by atoms with van der Waals surface area (Å²) in [6.45, 7) is 1.90. The van der Waals surface area contributed by atoms with Crippen LogP contribution in [0, 0.1) is 0 Å². The predicted molar refractivity (Wildman–Crippen MR) is 108 cm³/mol. The van der Waals surface area contributed by atoms with Crippen LogP contribution in [0.25, 0.3) is 0 Å². The quantitative estimate of drug-likeness (QED) is 0.776. The SMILES string of the molecule is CCC(Oc1ccccc1)C(=O)Nc1sc2c(c1C(N)=O)CCCCCC2. The van der Waals surface area contributed by atoms with Gasteiger partial charge >= 0.3 is 0 Å². The van der Waals surface area contributed by atoms with Gasteiger partial charge in [-0.25, -0.2) is 0 Å². The molecule has 5 nitrogen and oxygen atoms in total. The van der Waals surface area contributed by atoms with E-state index in [1.807, 2.05) is 37.3 Å². The first-order valence-corrected chi connectivity index (χ1v) is 10.4. The number of rotatable bonds is 6. The molecule has 1 heterocycles. The Hall–Kier alpha value is -2.34. The topological polar surface area (TPSA) is 81.4 Å². The van der Waals surface area contributed by atoms with Crippen molar-refractivity contribution in [3.8, 4) is 5.75 Å². The molecule has 2 amide bonds. The van der Waals surface area contributed by atoms with Crippen LogP contribution in [0.2, 0.25) is 0 Å². The number of ether oxygens (including phenoxy) is 1. The normalized spacial score (nSPS) is 15.1. The van der Waals surface area contributed by atoms with Gasteiger partial charge in [-0.15, -0.1) is 11.3 Å². The summed E-state index contributed by atoms with van der Waals surface area (Å²) in [4.78, 5) is 26.1. The molecule has 3 N–H and O–H groups in total. The largest absolute Gasteiger partial charge is 0.481 e. The lowest BCUT2D eigenvalue weighted by atomic mass is 9.96. The maximum absolute atomic E-state index is 12.8. The number of thiophene rings is 1. The lowest BCUT2D eigenvalue weighted by Crippen LogP contribution is -2.32. The second-order valence-electron chi connectivity index (χ2n) is 6.80. The van der Waals surface area contributed by atoms with Crippen LogP contribution in [-0.2, 0) is 17.6 Å². The van der Waals surface area contributed by atoms with E-state index >= 15 is 0 Å². The van der Waals surface area contributed by atoms with E-state index in [2.05, 4.69) is 5.32 Å². The van der Waals surface area contributed by atoms with Crippen molar-refractivity contribution in [2.45, 2.75) is 58.0 Å². The molecule has 1 aliphatic rings. The second-order valence-corrected chi connectivity index (χ2v) is 7.91. The van der Waals surface area contributed by atoms with E-state index in [1.165, 1.54) is 22.6 Å². The molecule has 0 aliphatic heterocycles. The minimum atomic E-state index is -0.627. The highest BCUT2D eigenvalue weighted by Crippen LogP contribution is 2.37. The maximum Gasteiger partial charge on any atom is 0.266 e. The Morgan fingerprint density at radius 1 is 1.15 bits per heavy atom. The first-order chi connectivity index (χ1) is 13.1. The fourth-order valence-electron chi connectivity index (χ4n) is 3.45. The van der Waals surface area contributed by atoms with Crippen molar-refractivity contribution in [1.29, 1.82) is 0 Å². The average Bonchev–Trinajstić information content (AvgIpc) is 2.96. The zero-order chi connectivity index (χ0) is 19.2. The van der Waals surface area contributed by atoms with Crippen LogP contribution in [0.5, 0.6) is 5.75 Å². The zero-order valence-electron chi connectivity index (χ0n) is 15.6. The number of aryl methyl sites for hydroxylation is 1. The molecule has 3 rings (SSSR count). The first kappa shape index (κ1) is 19.4. The summed E-state index contributed by atoms with van der Waals surface area (Å²) < 4.78 is 5.82. The number of hydrogen-bond acceptors (Lipinski definition) is 4. The van der Waals surface area contributed by atoms with Crippen molar-refractivity contribution in [1.82, 2.24) is 0 Å². The van der Waals surface area contributed by atoms with Gasteiger partial charge in [0.15, 0.2) is 6.10 Å². The van der Waals surface area contributed by atoms with Crippen molar-refractivity contribution in [3.05, 3.63) is 46.3 Å². The van der Waals surface area contributed by atoms with Gasteiger partial charge in [-0.1, -0.05) is 38.0 Å². The van der Waals surface area contributed by atoms with E-state index in [1.54, 1.807) is 0 Å². The highest BCUT2D eigenvalue weighted by atomic mass is 32.1. The molecule has 27 heavy (non-hydrogen) atoms. The third-order valence-electron chi connectivity index (χ3n) is 4.84. The number of carbonyl (C=O) groups is 2. The van der Waals surface area contributed by atoms with Gasteiger partial charge < -0.3 is 15.8 Å². The smallest absolute Gasteiger partial charge is 0.266 e. The number of amides is 2. The van der Waals surface area contributed by atoms with E-state index < -0.39 is 12.0 Å². The minimum Gasteiger partial charge on any atom is -0.481 e. The van der Waals surface area contributed by atoms with E-state index in [0.29, 0.717) is 22.7 Å². The van der Waals surface area contributed by atoms with E-state index in [9.17, 15) is 9.59 Å². The van der Waals surface area contributed by atoms with E-state index in [4.69, 9.17) is 10.5 Å². The third kappa shape index (κ3) is 4.69. The molecule has 144 valence electrons. The summed E-state index contributed by atoms with van der Waals surface area (Å²) in [5.41, 5.74) is 7.18. The molecule has 0 spiro atoms. The molecule has 0 saturated heterocycles. The molecule has 0 radical (unpaired) electrons. The molecule has 0 fully saturated rings.